The molecule has 0 saturated carbocycles. The van der Waals surface area contributed by atoms with Crippen molar-refractivity contribution in [3.05, 3.63) is 107 Å². The molecule has 152 valence electrons. The number of aromatic amines is 1. The Bertz CT molecular complexity index is 1100. The van der Waals surface area contributed by atoms with Crippen LogP contribution in [0.15, 0.2) is 85.1 Å². The summed E-state index contributed by atoms with van der Waals surface area (Å²) in [6.07, 6.45) is 2.16. The van der Waals surface area contributed by atoms with E-state index in [0.29, 0.717) is 0 Å². The highest BCUT2D eigenvalue weighted by molar-refractivity contribution is 6.30. The number of benzene rings is 3. The Balaban J connectivity index is 1.32. The van der Waals surface area contributed by atoms with Gasteiger partial charge in [-0.15, -0.1) is 0 Å². The van der Waals surface area contributed by atoms with Gasteiger partial charge >= 0.3 is 0 Å². The number of para-hydroxylation sites is 1. The van der Waals surface area contributed by atoms with E-state index >= 15 is 0 Å². The van der Waals surface area contributed by atoms with Crippen molar-refractivity contribution in [3.8, 4) is 0 Å². The minimum absolute atomic E-state index is 0.263. The molecule has 1 atom stereocenters. The monoisotopic (exact) mass is 415 g/mol. The molecule has 0 spiro atoms. The predicted molar refractivity (Wildman–Crippen MR) is 125 cm³/mol. The molecule has 4 heteroatoms. The summed E-state index contributed by atoms with van der Waals surface area (Å²) in [5.41, 5.74) is 5.25. The lowest BCUT2D eigenvalue weighted by molar-refractivity contribution is 0.105. The summed E-state index contributed by atoms with van der Waals surface area (Å²) in [7, 11) is 0. The molecule has 1 unspecified atom stereocenters. The second-order valence-corrected chi connectivity index (χ2v) is 8.47. The molecule has 4 aromatic rings. The van der Waals surface area contributed by atoms with E-state index in [4.69, 9.17) is 11.6 Å². The number of H-pyrrole nitrogens is 1. The molecule has 3 nitrogen and oxygen atoms in total. The van der Waals surface area contributed by atoms with Crippen molar-refractivity contribution in [1.29, 1.82) is 0 Å². The van der Waals surface area contributed by atoms with Crippen LogP contribution >= 0.6 is 11.6 Å². The van der Waals surface area contributed by atoms with Gasteiger partial charge < -0.3 is 4.98 Å². The van der Waals surface area contributed by atoms with Gasteiger partial charge in [-0.2, -0.15) is 0 Å². The SMILES string of the molecule is Clc1ccc(C(c2ccccc2)N2CCN(Cc3c[nH]c4ccccc34)CC2)cc1. The van der Waals surface area contributed by atoms with E-state index in [0.717, 1.165) is 37.7 Å². The normalized spacial score (nSPS) is 16.7. The molecule has 1 aliphatic rings. The molecule has 1 aromatic heterocycles. The first kappa shape index (κ1) is 19.4. The fourth-order valence-corrected chi connectivity index (χ4v) is 4.70. The highest BCUT2D eigenvalue weighted by Crippen LogP contribution is 2.31. The van der Waals surface area contributed by atoms with Crippen LogP contribution in [0.5, 0.6) is 0 Å². The Morgan fingerprint density at radius 1 is 0.767 bits per heavy atom. The van der Waals surface area contributed by atoms with Gasteiger partial charge in [0.1, 0.15) is 0 Å². The van der Waals surface area contributed by atoms with E-state index in [1.54, 1.807) is 0 Å². The highest BCUT2D eigenvalue weighted by Gasteiger charge is 2.26. The van der Waals surface area contributed by atoms with Gasteiger partial charge in [-0.1, -0.05) is 72.3 Å². The molecular formula is C26H26ClN3. The summed E-state index contributed by atoms with van der Waals surface area (Å²) in [4.78, 5) is 8.57. The van der Waals surface area contributed by atoms with E-state index in [9.17, 15) is 0 Å². The first-order valence-corrected chi connectivity index (χ1v) is 11.0. The number of halogens is 1. The Morgan fingerprint density at radius 2 is 1.43 bits per heavy atom. The average molecular weight is 416 g/mol. The van der Waals surface area contributed by atoms with Crippen molar-refractivity contribution in [3.63, 3.8) is 0 Å². The van der Waals surface area contributed by atoms with Gasteiger partial charge in [-0.05, 0) is 34.9 Å². The Labute approximate surface area is 182 Å². The molecule has 1 aliphatic heterocycles. The summed E-state index contributed by atoms with van der Waals surface area (Å²) in [6, 6.07) is 28.0. The fraction of sp³-hybridized carbons (Fsp3) is 0.231. The summed E-state index contributed by atoms with van der Waals surface area (Å²) >= 11 is 6.15. The van der Waals surface area contributed by atoms with E-state index in [-0.39, 0.29) is 6.04 Å². The maximum absolute atomic E-state index is 6.15. The molecule has 5 rings (SSSR count). The van der Waals surface area contributed by atoms with Crippen LogP contribution in [0.2, 0.25) is 5.02 Å². The second-order valence-electron chi connectivity index (χ2n) is 8.04. The number of nitrogens with zero attached hydrogens (tertiary/aromatic N) is 2. The molecule has 0 amide bonds. The molecule has 1 N–H and O–H groups in total. The minimum Gasteiger partial charge on any atom is -0.361 e. The first-order valence-electron chi connectivity index (χ1n) is 10.6. The van der Waals surface area contributed by atoms with Crippen LogP contribution in [0.4, 0.5) is 0 Å². The molecule has 2 heterocycles. The third-order valence-corrected chi connectivity index (χ3v) is 6.39. The zero-order valence-electron chi connectivity index (χ0n) is 17.0. The van der Waals surface area contributed by atoms with Crippen LogP contribution in [0.3, 0.4) is 0 Å². The van der Waals surface area contributed by atoms with Crippen LogP contribution in [-0.4, -0.2) is 41.0 Å². The van der Waals surface area contributed by atoms with Crippen LogP contribution in [0.25, 0.3) is 10.9 Å². The Morgan fingerprint density at radius 3 is 2.20 bits per heavy atom. The van der Waals surface area contributed by atoms with Gasteiger partial charge in [-0.3, -0.25) is 9.80 Å². The molecule has 1 saturated heterocycles. The molecular weight excluding hydrogens is 390 g/mol. The molecule has 0 radical (unpaired) electrons. The maximum Gasteiger partial charge on any atom is 0.0602 e. The van der Waals surface area contributed by atoms with Crippen LogP contribution in [-0.2, 0) is 6.54 Å². The molecule has 1 fully saturated rings. The van der Waals surface area contributed by atoms with Gasteiger partial charge in [-0.25, -0.2) is 0 Å². The summed E-state index contributed by atoms with van der Waals surface area (Å²) in [5.74, 6) is 0. The van der Waals surface area contributed by atoms with Crippen molar-refractivity contribution >= 4 is 22.5 Å². The van der Waals surface area contributed by atoms with E-state index in [1.807, 2.05) is 12.1 Å². The Kier molecular flexibility index (Phi) is 5.58. The number of nitrogens with one attached hydrogen (secondary N) is 1. The summed E-state index contributed by atoms with van der Waals surface area (Å²) in [6.45, 7) is 5.22. The first-order chi connectivity index (χ1) is 14.8. The zero-order chi connectivity index (χ0) is 20.3. The lowest BCUT2D eigenvalue weighted by atomic mass is 9.96. The van der Waals surface area contributed by atoms with Crippen molar-refractivity contribution in [2.75, 3.05) is 26.2 Å². The molecule has 3 aromatic carbocycles. The van der Waals surface area contributed by atoms with Crippen molar-refractivity contribution < 1.29 is 0 Å². The number of hydrogen-bond acceptors (Lipinski definition) is 2. The van der Waals surface area contributed by atoms with E-state index in [1.165, 1.54) is 27.6 Å². The van der Waals surface area contributed by atoms with Gasteiger partial charge in [0.25, 0.3) is 0 Å². The number of piperazine rings is 1. The van der Waals surface area contributed by atoms with E-state index < -0.39 is 0 Å². The maximum atomic E-state index is 6.15. The lowest BCUT2D eigenvalue weighted by Gasteiger charge is -2.39. The lowest BCUT2D eigenvalue weighted by Crippen LogP contribution is -2.47. The number of hydrogen-bond donors (Lipinski definition) is 1. The highest BCUT2D eigenvalue weighted by atomic mass is 35.5. The smallest absolute Gasteiger partial charge is 0.0602 e. The van der Waals surface area contributed by atoms with Crippen LogP contribution < -0.4 is 0 Å². The third-order valence-electron chi connectivity index (χ3n) is 6.14. The van der Waals surface area contributed by atoms with Gasteiger partial charge in [0.15, 0.2) is 0 Å². The van der Waals surface area contributed by atoms with Gasteiger partial charge in [0.2, 0.25) is 0 Å². The topological polar surface area (TPSA) is 22.3 Å². The van der Waals surface area contributed by atoms with Crippen LogP contribution in [0, 0.1) is 0 Å². The summed E-state index contributed by atoms with van der Waals surface area (Å²) < 4.78 is 0. The number of fused-ring (bicyclic) bond motifs is 1. The number of aromatic nitrogens is 1. The zero-order valence-corrected chi connectivity index (χ0v) is 17.7. The molecule has 0 bridgehead atoms. The standard InChI is InChI=1S/C26H26ClN3/c27-23-12-10-21(11-13-23)26(20-6-2-1-3-7-20)30-16-14-29(15-17-30)19-22-18-28-25-9-5-4-8-24(22)25/h1-13,18,26,28H,14-17,19H2. The second kappa shape index (κ2) is 8.65. The van der Waals surface area contributed by atoms with E-state index in [2.05, 4.69) is 87.7 Å². The van der Waals surface area contributed by atoms with Crippen molar-refractivity contribution in [2.24, 2.45) is 0 Å². The van der Waals surface area contributed by atoms with Gasteiger partial charge in [0, 0.05) is 54.8 Å². The Hall–Kier alpha value is -2.59. The quantitative estimate of drug-likeness (QED) is 0.449. The third kappa shape index (κ3) is 4.01. The predicted octanol–water partition coefficient (Wildman–Crippen LogP) is 5.73. The van der Waals surface area contributed by atoms with Gasteiger partial charge in [0.05, 0.1) is 6.04 Å². The van der Waals surface area contributed by atoms with Crippen molar-refractivity contribution in [2.45, 2.75) is 12.6 Å². The fourth-order valence-electron chi connectivity index (χ4n) is 4.58. The van der Waals surface area contributed by atoms with Crippen molar-refractivity contribution in [1.82, 2.24) is 14.8 Å². The largest absolute Gasteiger partial charge is 0.361 e. The van der Waals surface area contributed by atoms with Crippen LogP contribution in [0.1, 0.15) is 22.7 Å². The minimum atomic E-state index is 0.263. The molecule has 30 heavy (non-hydrogen) atoms. The number of rotatable bonds is 5. The molecule has 0 aliphatic carbocycles. The average Bonchev–Trinajstić information content (AvgIpc) is 3.20. The summed E-state index contributed by atoms with van der Waals surface area (Å²) in [5, 5.41) is 2.12.